The molecule has 0 aromatic heterocycles. The topological polar surface area (TPSA) is 55.4 Å². The molecule has 1 N–H and O–H groups in total. The van der Waals surface area contributed by atoms with Crippen LogP contribution in [0.1, 0.15) is 104 Å². The summed E-state index contributed by atoms with van der Waals surface area (Å²) in [6.45, 7) is 5.80. The third kappa shape index (κ3) is 15.2. The molecular weight excluding hydrogens is 369 g/mol. The zero-order chi connectivity index (χ0) is 21.9. The normalized spacial score (nSPS) is 13.6. The van der Waals surface area contributed by atoms with Gasteiger partial charge in [-0.05, 0) is 24.8 Å². The van der Waals surface area contributed by atoms with Gasteiger partial charge in [-0.1, -0.05) is 97.5 Å². The number of amides is 1. The maximum atomic E-state index is 14.0. The summed E-state index contributed by atoms with van der Waals surface area (Å²) in [5.41, 5.74) is 0. The van der Waals surface area contributed by atoms with E-state index >= 15 is 0 Å². The van der Waals surface area contributed by atoms with Crippen molar-refractivity contribution in [3.05, 3.63) is 12.2 Å². The molecule has 2 atom stereocenters. The van der Waals surface area contributed by atoms with Crippen molar-refractivity contribution in [3.8, 4) is 0 Å². The van der Waals surface area contributed by atoms with Crippen LogP contribution in [-0.4, -0.2) is 31.2 Å². The van der Waals surface area contributed by atoms with Crippen molar-refractivity contribution in [1.82, 2.24) is 5.32 Å². The molecular formula is C24H44FNO3. The van der Waals surface area contributed by atoms with Crippen LogP contribution in [0.15, 0.2) is 12.2 Å². The van der Waals surface area contributed by atoms with Gasteiger partial charge in [-0.25, -0.2) is 9.18 Å². The molecule has 29 heavy (non-hydrogen) atoms. The Balaban J connectivity index is 3.73. The first-order valence-electron chi connectivity index (χ1n) is 11.6. The Morgan fingerprint density at radius 1 is 0.897 bits per heavy atom. The summed E-state index contributed by atoms with van der Waals surface area (Å²) >= 11 is 0. The smallest absolute Gasteiger partial charge is 0.328 e. The number of carbonyl (C=O) groups excluding carboxylic acids is 2. The van der Waals surface area contributed by atoms with Gasteiger partial charge >= 0.3 is 5.97 Å². The Hall–Kier alpha value is -1.39. The highest BCUT2D eigenvalue weighted by atomic mass is 19.1. The van der Waals surface area contributed by atoms with Crippen molar-refractivity contribution in [2.75, 3.05) is 7.11 Å². The molecule has 0 aromatic carbocycles. The van der Waals surface area contributed by atoms with E-state index in [4.69, 9.17) is 0 Å². The van der Waals surface area contributed by atoms with Crippen molar-refractivity contribution < 1.29 is 18.7 Å². The molecule has 0 radical (unpaired) electrons. The van der Waals surface area contributed by atoms with Gasteiger partial charge in [0.05, 0.1) is 7.11 Å². The minimum atomic E-state index is -1.74. The molecule has 0 aliphatic carbocycles. The van der Waals surface area contributed by atoms with Gasteiger partial charge in [0.25, 0.3) is 5.91 Å². The highest BCUT2D eigenvalue weighted by molar-refractivity contribution is 5.88. The highest BCUT2D eigenvalue weighted by Gasteiger charge is 2.27. The van der Waals surface area contributed by atoms with Crippen LogP contribution in [0, 0.1) is 5.92 Å². The largest absolute Gasteiger partial charge is 0.467 e. The average Bonchev–Trinajstić information content (AvgIpc) is 2.70. The molecule has 5 heteroatoms. The number of nitrogens with one attached hydrogen (secondary N) is 1. The maximum Gasteiger partial charge on any atom is 0.328 e. The van der Waals surface area contributed by atoms with Gasteiger partial charge < -0.3 is 10.1 Å². The number of rotatable bonds is 18. The summed E-state index contributed by atoms with van der Waals surface area (Å²) in [5.74, 6) is -1.51. The van der Waals surface area contributed by atoms with E-state index in [-0.39, 0.29) is 5.92 Å². The Labute approximate surface area is 178 Å². The second-order valence-corrected chi connectivity index (χ2v) is 8.26. The minimum absolute atomic E-state index is 0.163. The van der Waals surface area contributed by atoms with E-state index in [0.29, 0.717) is 0 Å². The number of ether oxygens (including phenoxy) is 1. The Morgan fingerprint density at radius 2 is 1.38 bits per heavy atom. The SMILES string of the molecule is CCCCCCCCCCCCCC/C=C/C(F)C(=O)N[C@H](C(=O)OC)C(C)C. The molecule has 4 nitrogen and oxygen atoms in total. The van der Waals surface area contributed by atoms with Crippen molar-refractivity contribution >= 4 is 11.9 Å². The van der Waals surface area contributed by atoms with Crippen molar-refractivity contribution in [1.29, 1.82) is 0 Å². The average molecular weight is 414 g/mol. The summed E-state index contributed by atoms with van der Waals surface area (Å²) in [7, 11) is 1.26. The van der Waals surface area contributed by atoms with Gasteiger partial charge in [0.2, 0.25) is 0 Å². The Morgan fingerprint density at radius 3 is 1.83 bits per heavy atom. The molecule has 0 aliphatic rings. The summed E-state index contributed by atoms with van der Waals surface area (Å²) in [5, 5.41) is 2.43. The van der Waals surface area contributed by atoms with E-state index in [2.05, 4.69) is 17.0 Å². The lowest BCUT2D eigenvalue weighted by molar-refractivity contribution is -0.146. The number of halogens is 1. The van der Waals surface area contributed by atoms with E-state index < -0.39 is 24.1 Å². The van der Waals surface area contributed by atoms with Crippen LogP contribution in [0.4, 0.5) is 4.39 Å². The van der Waals surface area contributed by atoms with Crippen LogP contribution in [-0.2, 0) is 14.3 Å². The fraction of sp³-hybridized carbons (Fsp3) is 0.833. The van der Waals surface area contributed by atoms with Crippen LogP contribution in [0.25, 0.3) is 0 Å². The van der Waals surface area contributed by atoms with E-state index in [1.807, 2.05) is 0 Å². The van der Waals surface area contributed by atoms with Crippen LogP contribution < -0.4 is 5.32 Å². The van der Waals surface area contributed by atoms with Crippen molar-refractivity contribution in [2.24, 2.45) is 5.92 Å². The van der Waals surface area contributed by atoms with Gasteiger partial charge in [0, 0.05) is 0 Å². The summed E-state index contributed by atoms with van der Waals surface area (Å²) < 4.78 is 18.6. The van der Waals surface area contributed by atoms with Gasteiger partial charge in [0.15, 0.2) is 6.17 Å². The maximum absolute atomic E-state index is 14.0. The second kappa shape index (κ2) is 18.6. The van der Waals surface area contributed by atoms with Crippen LogP contribution in [0.5, 0.6) is 0 Å². The third-order valence-electron chi connectivity index (χ3n) is 5.20. The van der Waals surface area contributed by atoms with Crippen LogP contribution >= 0.6 is 0 Å². The number of unbranched alkanes of at least 4 members (excludes halogenated alkanes) is 12. The number of esters is 1. The van der Waals surface area contributed by atoms with E-state index in [1.54, 1.807) is 19.9 Å². The van der Waals surface area contributed by atoms with Crippen molar-refractivity contribution in [2.45, 2.75) is 116 Å². The Kier molecular flexibility index (Phi) is 17.7. The molecule has 0 bridgehead atoms. The van der Waals surface area contributed by atoms with E-state index in [9.17, 15) is 14.0 Å². The standard InChI is InChI=1S/C24H44FNO3/c1-5-6-7-8-9-10-11-12-13-14-15-16-17-18-19-21(25)23(27)26-22(20(2)3)24(28)29-4/h18-22H,5-17H2,1-4H3,(H,26,27)/b19-18+/t21?,22-/m0/s1. The van der Waals surface area contributed by atoms with Gasteiger partial charge in [-0.15, -0.1) is 0 Å². The van der Waals surface area contributed by atoms with Gasteiger partial charge in [-0.3, -0.25) is 4.79 Å². The number of carbonyl (C=O) groups is 2. The summed E-state index contributed by atoms with van der Waals surface area (Å²) in [6, 6.07) is -0.824. The molecule has 0 spiro atoms. The molecule has 0 rings (SSSR count). The number of methoxy groups -OCH3 is 1. The summed E-state index contributed by atoms with van der Waals surface area (Å²) in [6.07, 6.45) is 17.5. The lowest BCUT2D eigenvalue weighted by atomic mass is 10.0. The molecule has 1 amide bonds. The molecule has 0 fully saturated rings. The first-order chi connectivity index (χ1) is 13.9. The van der Waals surface area contributed by atoms with E-state index in [0.717, 1.165) is 19.3 Å². The van der Waals surface area contributed by atoms with E-state index in [1.165, 1.54) is 77.4 Å². The monoisotopic (exact) mass is 413 g/mol. The number of hydrogen-bond donors (Lipinski definition) is 1. The molecule has 0 aliphatic heterocycles. The van der Waals surface area contributed by atoms with Gasteiger partial charge in [0.1, 0.15) is 6.04 Å². The van der Waals surface area contributed by atoms with Gasteiger partial charge in [-0.2, -0.15) is 0 Å². The first-order valence-corrected chi connectivity index (χ1v) is 11.6. The third-order valence-corrected chi connectivity index (χ3v) is 5.20. The van der Waals surface area contributed by atoms with Crippen LogP contribution in [0.3, 0.4) is 0 Å². The zero-order valence-corrected chi connectivity index (χ0v) is 19.2. The quantitative estimate of drug-likeness (QED) is 0.163. The molecule has 0 aromatic rings. The molecule has 0 saturated carbocycles. The predicted octanol–water partition coefficient (Wildman–Crippen LogP) is 6.29. The number of alkyl halides is 1. The predicted molar refractivity (Wildman–Crippen MR) is 119 cm³/mol. The number of allylic oxidation sites excluding steroid dienone is 1. The Bertz CT molecular complexity index is 451. The lowest BCUT2D eigenvalue weighted by Gasteiger charge is -2.20. The van der Waals surface area contributed by atoms with Crippen LogP contribution in [0.2, 0.25) is 0 Å². The molecule has 0 heterocycles. The first kappa shape index (κ1) is 27.6. The van der Waals surface area contributed by atoms with Crippen molar-refractivity contribution in [3.63, 3.8) is 0 Å². The zero-order valence-electron chi connectivity index (χ0n) is 19.2. The number of hydrogen-bond acceptors (Lipinski definition) is 3. The highest BCUT2D eigenvalue weighted by Crippen LogP contribution is 2.13. The molecule has 1 unspecified atom stereocenters. The fourth-order valence-electron chi connectivity index (χ4n) is 3.26. The fourth-order valence-corrected chi connectivity index (χ4v) is 3.26. The molecule has 170 valence electrons. The minimum Gasteiger partial charge on any atom is -0.467 e. The second-order valence-electron chi connectivity index (χ2n) is 8.26. The summed E-state index contributed by atoms with van der Waals surface area (Å²) in [4.78, 5) is 23.5. The molecule has 0 saturated heterocycles. The lowest BCUT2D eigenvalue weighted by Crippen LogP contribution is -2.47.